The summed E-state index contributed by atoms with van der Waals surface area (Å²) in [5.41, 5.74) is 2.29. The Morgan fingerprint density at radius 3 is 2.35 bits per heavy atom. The summed E-state index contributed by atoms with van der Waals surface area (Å²) < 4.78 is 31.6. The van der Waals surface area contributed by atoms with Crippen molar-refractivity contribution >= 4 is 15.9 Å². The number of benzene rings is 2. The lowest BCUT2D eigenvalue weighted by molar-refractivity contribution is -0.121. The number of morpholine rings is 1. The van der Waals surface area contributed by atoms with Crippen molar-refractivity contribution in [3.05, 3.63) is 65.7 Å². The molecule has 3 rings (SSSR count). The van der Waals surface area contributed by atoms with E-state index < -0.39 is 10.0 Å². The largest absolute Gasteiger partial charge is 0.379 e. The second-order valence-electron chi connectivity index (χ2n) is 7.72. The Labute approximate surface area is 185 Å². The molecule has 8 heteroatoms. The Bertz CT molecular complexity index is 927. The van der Waals surface area contributed by atoms with Gasteiger partial charge in [-0.1, -0.05) is 42.5 Å². The molecular weight excluding hydrogens is 414 g/mol. The van der Waals surface area contributed by atoms with E-state index >= 15 is 0 Å². The summed E-state index contributed by atoms with van der Waals surface area (Å²) in [6.45, 7) is 5.17. The van der Waals surface area contributed by atoms with Crippen LogP contribution in [0.4, 0.5) is 0 Å². The lowest BCUT2D eigenvalue weighted by Crippen LogP contribution is -2.35. The molecule has 2 aromatic carbocycles. The number of hydrogen-bond acceptors (Lipinski definition) is 5. The van der Waals surface area contributed by atoms with E-state index in [1.54, 1.807) is 37.4 Å². The van der Waals surface area contributed by atoms with E-state index in [2.05, 4.69) is 22.3 Å². The fraction of sp³-hybridized carbons (Fsp3) is 0.435. The smallest absolute Gasteiger partial charge is 0.242 e. The summed E-state index contributed by atoms with van der Waals surface area (Å²) in [6, 6.07) is 16.6. The number of carbonyl (C=O) groups is 1. The highest BCUT2D eigenvalue weighted by Gasteiger charge is 2.20. The van der Waals surface area contributed by atoms with Crippen LogP contribution in [0.5, 0.6) is 0 Å². The predicted octanol–water partition coefficient (Wildman–Crippen LogP) is 2.24. The minimum atomic E-state index is -3.52. The molecule has 1 amide bonds. The SMILES string of the molecule is CN(CCCC(=O)NCc1ccc(CN2CCOCC2)cc1)S(=O)(=O)c1ccccc1. The Morgan fingerprint density at radius 2 is 1.68 bits per heavy atom. The first-order chi connectivity index (χ1) is 14.9. The van der Waals surface area contributed by atoms with Crippen LogP contribution in [-0.2, 0) is 32.6 Å². The quantitative estimate of drug-likeness (QED) is 0.607. The number of carbonyl (C=O) groups excluding carboxylic acids is 1. The molecule has 0 atom stereocenters. The maximum absolute atomic E-state index is 12.5. The van der Waals surface area contributed by atoms with E-state index in [0.29, 0.717) is 19.5 Å². The molecule has 0 unspecified atom stereocenters. The van der Waals surface area contributed by atoms with Crippen molar-refractivity contribution in [1.29, 1.82) is 0 Å². The summed E-state index contributed by atoms with van der Waals surface area (Å²) in [5, 5.41) is 2.91. The zero-order valence-corrected chi connectivity index (χ0v) is 18.8. The Kier molecular flexibility index (Phi) is 8.60. The van der Waals surface area contributed by atoms with Gasteiger partial charge in [0.25, 0.3) is 0 Å². The molecule has 1 aliphatic heterocycles. The number of hydrogen-bond donors (Lipinski definition) is 1. The van der Waals surface area contributed by atoms with Gasteiger partial charge in [0.1, 0.15) is 0 Å². The molecule has 0 aromatic heterocycles. The molecule has 0 aliphatic carbocycles. The van der Waals surface area contributed by atoms with Gasteiger partial charge < -0.3 is 10.1 Å². The van der Waals surface area contributed by atoms with Gasteiger partial charge in [0.15, 0.2) is 0 Å². The monoisotopic (exact) mass is 445 g/mol. The average Bonchev–Trinajstić information content (AvgIpc) is 2.80. The van der Waals surface area contributed by atoms with Crippen molar-refractivity contribution in [2.45, 2.75) is 30.8 Å². The molecule has 0 radical (unpaired) electrons. The fourth-order valence-electron chi connectivity index (χ4n) is 3.42. The summed E-state index contributed by atoms with van der Waals surface area (Å²) in [4.78, 5) is 14.8. The third-order valence-corrected chi connectivity index (χ3v) is 7.22. The Balaban J connectivity index is 1.37. The number of amides is 1. The van der Waals surface area contributed by atoms with Crippen LogP contribution in [0.2, 0.25) is 0 Å². The molecule has 1 N–H and O–H groups in total. The molecule has 0 spiro atoms. The van der Waals surface area contributed by atoms with Crippen LogP contribution in [0, 0.1) is 0 Å². The summed E-state index contributed by atoms with van der Waals surface area (Å²) in [6.07, 6.45) is 0.747. The lowest BCUT2D eigenvalue weighted by Gasteiger charge is -2.26. The first-order valence-corrected chi connectivity index (χ1v) is 12.0. The zero-order chi connectivity index (χ0) is 22.1. The number of sulfonamides is 1. The minimum absolute atomic E-state index is 0.0806. The van der Waals surface area contributed by atoms with Crippen LogP contribution in [0.25, 0.3) is 0 Å². The molecule has 1 fully saturated rings. The van der Waals surface area contributed by atoms with Gasteiger partial charge in [-0.3, -0.25) is 9.69 Å². The molecule has 1 heterocycles. The molecule has 0 bridgehead atoms. The van der Waals surface area contributed by atoms with Crippen molar-refractivity contribution in [1.82, 2.24) is 14.5 Å². The first kappa shape index (κ1) is 23.4. The Morgan fingerprint density at radius 1 is 1.03 bits per heavy atom. The van der Waals surface area contributed by atoms with Crippen molar-refractivity contribution in [3.8, 4) is 0 Å². The Hall–Kier alpha value is -2.26. The maximum Gasteiger partial charge on any atom is 0.242 e. The standard InChI is InChI=1S/C23H31N3O4S/c1-25(31(28,29)22-6-3-2-4-7-22)13-5-8-23(27)24-18-20-9-11-21(12-10-20)19-26-14-16-30-17-15-26/h2-4,6-7,9-12H,5,8,13-19H2,1H3,(H,24,27). The summed E-state index contributed by atoms with van der Waals surface area (Å²) in [7, 11) is -1.98. The van der Waals surface area contributed by atoms with E-state index in [0.717, 1.165) is 38.4 Å². The molecule has 1 saturated heterocycles. The van der Waals surface area contributed by atoms with Crippen LogP contribution in [0.1, 0.15) is 24.0 Å². The molecule has 1 aliphatic rings. The van der Waals surface area contributed by atoms with Gasteiger partial charge in [0.2, 0.25) is 15.9 Å². The van der Waals surface area contributed by atoms with E-state index in [1.807, 2.05) is 12.1 Å². The molecule has 31 heavy (non-hydrogen) atoms. The molecule has 2 aromatic rings. The zero-order valence-electron chi connectivity index (χ0n) is 18.0. The topological polar surface area (TPSA) is 79.0 Å². The molecule has 168 valence electrons. The van der Waals surface area contributed by atoms with E-state index in [9.17, 15) is 13.2 Å². The number of nitrogens with one attached hydrogen (secondary N) is 1. The van der Waals surface area contributed by atoms with Gasteiger partial charge >= 0.3 is 0 Å². The van der Waals surface area contributed by atoms with Gasteiger partial charge in [-0.05, 0) is 29.7 Å². The van der Waals surface area contributed by atoms with E-state index in [4.69, 9.17) is 4.74 Å². The van der Waals surface area contributed by atoms with Gasteiger partial charge in [-0.15, -0.1) is 0 Å². The third-order valence-electron chi connectivity index (χ3n) is 5.35. The van der Waals surface area contributed by atoms with Crippen LogP contribution < -0.4 is 5.32 Å². The summed E-state index contributed by atoms with van der Waals surface area (Å²) >= 11 is 0. The van der Waals surface area contributed by atoms with E-state index in [1.165, 1.54) is 9.87 Å². The second kappa shape index (κ2) is 11.4. The highest BCUT2D eigenvalue weighted by Crippen LogP contribution is 2.14. The van der Waals surface area contributed by atoms with Gasteiger partial charge in [0, 0.05) is 46.2 Å². The fourth-order valence-corrected chi connectivity index (χ4v) is 4.65. The van der Waals surface area contributed by atoms with Crippen LogP contribution in [0.3, 0.4) is 0 Å². The van der Waals surface area contributed by atoms with E-state index in [-0.39, 0.29) is 17.2 Å². The average molecular weight is 446 g/mol. The van der Waals surface area contributed by atoms with Crippen molar-refractivity contribution in [3.63, 3.8) is 0 Å². The van der Waals surface area contributed by atoms with Gasteiger partial charge in [0.05, 0.1) is 18.1 Å². The van der Waals surface area contributed by atoms with Crippen LogP contribution in [0.15, 0.2) is 59.5 Å². The van der Waals surface area contributed by atoms with Crippen molar-refractivity contribution < 1.29 is 17.9 Å². The maximum atomic E-state index is 12.5. The van der Waals surface area contributed by atoms with Gasteiger partial charge in [-0.25, -0.2) is 12.7 Å². The van der Waals surface area contributed by atoms with Gasteiger partial charge in [-0.2, -0.15) is 0 Å². The van der Waals surface area contributed by atoms with Crippen LogP contribution >= 0.6 is 0 Å². The van der Waals surface area contributed by atoms with Crippen molar-refractivity contribution in [2.24, 2.45) is 0 Å². The normalized spacial score (nSPS) is 15.2. The van der Waals surface area contributed by atoms with Crippen molar-refractivity contribution in [2.75, 3.05) is 39.9 Å². The molecule has 7 nitrogen and oxygen atoms in total. The first-order valence-electron chi connectivity index (χ1n) is 10.6. The predicted molar refractivity (Wildman–Crippen MR) is 120 cm³/mol. The molecule has 0 saturated carbocycles. The lowest BCUT2D eigenvalue weighted by atomic mass is 10.1. The highest BCUT2D eigenvalue weighted by molar-refractivity contribution is 7.89. The number of nitrogens with zero attached hydrogens (tertiary/aromatic N) is 2. The number of ether oxygens (including phenoxy) is 1. The highest BCUT2D eigenvalue weighted by atomic mass is 32.2. The third kappa shape index (κ3) is 7.14. The van der Waals surface area contributed by atoms with Crippen LogP contribution in [-0.4, -0.2) is 63.4 Å². The second-order valence-corrected chi connectivity index (χ2v) is 9.77. The summed E-state index contributed by atoms with van der Waals surface area (Å²) in [5.74, 6) is -0.0806. The number of rotatable bonds is 10. The molecular formula is C23H31N3O4S. The minimum Gasteiger partial charge on any atom is -0.379 e.